The van der Waals surface area contributed by atoms with Crippen LogP contribution in [0.15, 0.2) is 108 Å². The van der Waals surface area contributed by atoms with Crippen molar-refractivity contribution in [2.24, 2.45) is 0 Å². The molecule has 0 heterocycles. The first-order valence-electron chi connectivity index (χ1n) is 15.7. The zero-order valence-electron chi connectivity index (χ0n) is 27.2. The second-order valence-electron chi connectivity index (χ2n) is 11.4. The number of ether oxygens (including phenoxy) is 1. The molecule has 0 spiro atoms. The standard InChI is InChI=1S/C37H42ClN3O5S/c1-5-28(4)39-37(43)34(24-29-12-8-7-9-13-29)40(25-30-18-16-27(3)17-19-30)36(42)26-41(33-14-10-11-15-35(33)46-6-2)47(44,45)32-22-20-31(38)21-23-32/h7-23,28,34H,5-6,24-26H2,1-4H3,(H,39,43). The Balaban J connectivity index is 1.84. The Morgan fingerprint density at radius 3 is 2.13 bits per heavy atom. The number of rotatable bonds is 15. The van der Waals surface area contributed by atoms with Gasteiger partial charge in [-0.3, -0.25) is 13.9 Å². The molecule has 0 radical (unpaired) electrons. The summed E-state index contributed by atoms with van der Waals surface area (Å²) in [5, 5.41) is 3.43. The second-order valence-corrected chi connectivity index (χ2v) is 13.7. The third kappa shape index (κ3) is 9.36. The van der Waals surface area contributed by atoms with E-state index in [-0.39, 0.29) is 42.1 Å². The van der Waals surface area contributed by atoms with Crippen molar-refractivity contribution in [2.45, 2.75) is 64.1 Å². The van der Waals surface area contributed by atoms with Crippen LogP contribution in [0.4, 0.5) is 5.69 Å². The lowest BCUT2D eigenvalue weighted by molar-refractivity contribution is -0.140. The van der Waals surface area contributed by atoms with Crippen LogP contribution in [0.1, 0.15) is 43.9 Å². The lowest BCUT2D eigenvalue weighted by Crippen LogP contribution is -2.54. The molecule has 0 fully saturated rings. The zero-order chi connectivity index (χ0) is 34.0. The highest BCUT2D eigenvalue weighted by atomic mass is 35.5. The fourth-order valence-electron chi connectivity index (χ4n) is 5.07. The number of carbonyl (C=O) groups excluding carboxylic acids is 2. The molecular formula is C37H42ClN3O5S. The van der Waals surface area contributed by atoms with Crippen LogP contribution in [0.5, 0.6) is 5.75 Å². The summed E-state index contributed by atoms with van der Waals surface area (Å²) in [6, 6.07) is 28.6. The van der Waals surface area contributed by atoms with E-state index in [4.69, 9.17) is 16.3 Å². The largest absolute Gasteiger partial charge is 0.492 e. The zero-order valence-corrected chi connectivity index (χ0v) is 28.8. The SMILES string of the molecule is CCOc1ccccc1N(CC(=O)N(Cc1ccc(C)cc1)C(Cc1ccccc1)C(=O)NC(C)CC)S(=O)(=O)c1ccc(Cl)cc1. The summed E-state index contributed by atoms with van der Waals surface area (Å²) in [5.41, 5.74) is 2.93. The smallest absolute Gasteiger partial charge is 0.264 e. The van der Waals surface area contributed by atoms with E-state index in [0.717, 1.165) is 21.0 Å². The molecule has 2 amide bonds. The maximum atomic E-state index is 14.7. The number of nitrogens with one attached hydrogen (secondary N) is 1. The van der Waals surface area contributed by atoms with E-state index in [1.54, 1.807) is 31.2 Å². The summed E-state index contributed by atoms with van der Waals surface area (Å²) in [5.74, 6) is -0.555. The van der Waals surface area contributed by atoms with Crippen molar-refractivity contribution in [3.05, 3.63) is 125 Å². The summed E-state index contributed by atoms with van der Waals surface area (Å²) in [6.07, 6.45) is 0.942. The first-order valence-corrected chi connectivity index (χ1v) is 17.5. The summed E-state index contributed by atoms with van der Waals surface area (Å²) >= 11 is 6.09. The summed E-state index contributed by atoms with van der Waals surface area (Å²) in [7, 11) is -4.30. The molecule has 10 heteroatoms. The van der Waals surface area contributed by atoms with Gasteiger partial charge in [0.05, 0.1) is 17.2 Å². The number of aryl methyl sites for hydroxylation is 1. The summed E-state index contributed by atoms with van der Waals surface area (Å²) in [6.45, 7) is 7.45. The predicted octanol–water partition coefficient (Wildman–Crippen LogP) is 6.80. The number of hydrogen-bond acceptors (Lipinski definition) is 5. The average molecular weight is 676 g/mol. The Hall–Kier alpha value is -4.34. The number of anilines is 1. The van der Waals surface area contributed by atoms with Gasteiger partial charge >= 0.3 is 0 Å². The Bertz CT molecular complexity index is 1730. The van der Waals surface area contributed by atoms with Crippen LogP contribution in [-0.4, -0.2) is 50.4 Å². The number of carbonyl (C=O) groups is 2. The molecule has 0 aromatic heterocycles. The first-order chi connectivity index (χ1) is 22.5. The molecule has 248 valence electrons. The van der Waals surface area contributed by atoms with Crippen molar-refractivity contribution in [1.82, 2.24) is 10.2 Å². The van der Waals surface area contributed by atoms with Crippen molar-refractivity contribution in [1.29, 1.82) is 0 Å². The molecule has 4 aromatic carbocycles. The molecule has 0 aliphatic heterocycles. The second kappa shape index (κ2) is 16.5. The molecule has 8 nitrogen and oxygen atoms in total. The third-order valence-corrected chi connectivity index (χ3v) is 9.89. The Kier molecular flexibility index (Phi) is 12.4. The lowest BCUT2D eigenvalue weighted by atomic mass is 10.0. The van der Waals surface area contributed by atoms with Gasteiger partial charge < -0.3 is 15.0 Å². The maximum absolute atomic E-state index is 14.7. The topological polar surface area (TPSA) is 96.0 Å². The minimum Gasteiger partial charge on any atom is -0.492 e. The molecule has 1 N–H and O–H groups in total. The molecule has 0 aliphatic carbocycles. The highest BCUT2D eigenvalue weighted by Gasteiger charge is 2.35. The van der Waals surface area contributed by atoms with Crippen molar-refractivity contribution in [2.75, 3.05) is 17.5 Å². The van der Waals surface area contributed by atoms with Gasteiger partial charge in [0.15, 0.2) is 0 Å². The average Bonchev–Trinajstić information content (AvgIpc) is 3.07. The Morgan fingerprint density at radius 2 is 1.49 bits per heavy atom. The molecule has 0 bridgehead atoms. The molecule has 47 heavy (non-hydrogen) atoms. The fourth-order valence-corrected chi connectivity index (χ4v) is 6.62. The Morgan fingerprint density at radius 1 is 0.851 bits per heavy atom. The third-order valence-electron chi connectivity index (χ3n) is 7.86. The van der Waals surface area contributed by atoms with Crippen LogP contribution in [-0.2, 0) is 32.6 Å². The van der Waals surface area contributed by atoms with E-state index in [1.165, 1.54) is 29.2 Å². The number of benzene rings is 4. The van der Waals surface area contributed by atoms with Crippen molar-refractivity contribution < 1.29 is 22.7 Å². The molecule has 4 aromatic rings. The van der Waals surface area contributed by atoms with Gasteiger partial charge in [0, 0.05) is 24.0 Å². The van der Waals surface area contributed by atoms with E-state index < -0.39 is 28.5 Å². The van der Waals surface area contributed by atoms with Crippen LogP contribution < -0.4 is 14.4 Å². The minimum absolute atomic E-state index is 0.0403. The number of para-hydroxylation sites is 2. The van der Waals surface area contributed by atoms with Gasteiger partial charge in [-0.2, -0.15) is 0 Å². The number of halogens is 1. The minimum atomic E-state index is -4.30. The highest BCUT2D eigenvalue weighted by Crippen LogP contribution is 2.33. The number of amides is 2. The molecule has 2 atom stereocenters. The van der Waals surface area contributed by atoms with E-state index >= 15 is 0 Å². The predicted molar refractivity (Wildman–Crippen MR) is 187 cm³/mol. The Labute approximate surface area is 283 Å². The first kappa shape index (κ1) is 35.5. The molecule has 0 saturated carbocycles. The lowest BCUT2D eigenvalue weighted by Gasteiger charge is -2.34. The van der Waals surface area contributed by atoms with E-state index in [0.29, 0.717) is 17.2 Å². The van der Waals surface area contributed by atoms with Gasteiger partial charge in [-0.1, -0.05) is 90.8 Å². The molecular weight excluding hydrogens is 634 g/mol. The van der Waals surface area contributed by atoms with Crippen LogP contribution in [0.2, 0.25) is 5.02 Å². The van der Waals surface area contributed by atoms with E-state index in [1.807, 2.05) is 75.4 Å². The quantitative estimate of drug-likeness (QED) is 0.150. The van der Waals surface area contributed by atoms with Gasteiger partial charge in [-0.15, -0.1) is 0 Å². The highest BCUT2D eigenvalue weighted by molar-refractivity contribution is 7.92. The van der Waals surface area contributed by atoms with Crippen molar-refractivity contribution in [3.8, 4) is 5.75 Å². The van der Waals surface area contributed by atoms with Crippen molar-refractivity contribution in [3.63, 3.8) is 0 Å². The normalized spacial score (nSPS) is 12.5. The monoisotopic (exact) mass is 675 g/mol. The van der Waals surface area contributed by atoms with Gasteiger partial charge in [0.1, 0.15) is 18.3 Å². The number of hydrogen-bond donors (Lipinski definition) is 1. The fraction of sp³-hybridized carbons (Fsp3) is 0.297. The summed E-state index contributed by atoms with van der Waals surface area (Å²) in [4.78, 5) is 30.1. The van der Waals surface area contributed by atoms with Gasteiger partial charge in [-0.05, 0) is 74.7 Å². The van der Waals surface area contributed by atoms with E-state index in [2.05, 4.69) is 5.32 Å². The van der Waals surface area contributed by atoms with Gasteiger partial charge in [-0.25, -0.2) is 8.42 Å². The molecule has 0 saturated heterocycles. The summed E-state index contributed by atoms with van der Waals surface area (Å²) < 4.78 is 35.5. The van der Waals surface area contributed by atoms with Gasteiger partial charge in [0.25, 0.3) is 10.0 Å². The molecule has 4 rings (SSSR count). The maximum Gasteiger partial charge on any atom is 0.264 e. The molecule has 2 unspecified atom stereocenters. The number of sulfonamides is 1. The van der Waals surface area contributed by atoms with Crippen molar-refractivity contribution >= 4 is 39.1 Å². The van der Waals surface area contributed by atoms with Gasteiger partial charge in [0.2, 0.25) is 11.8 Å². The number of nitrogens with zero attached hydrogens (tertiary/aromatic N) is 2. The van der Waals surface area contributed by atoms with Crippen LogP contribution >= 0.6 is 11.6 Å². The van der Waals surface area contributed by atoms with E-state index in [9.17, 15) is 18.0 Å². The van der Waals surface area contributed by atoms with Crippen LogP contribution in [0.25, 0.3) is 0 Å². The van der Waals surface area contributed by atoms with Crippen LogP contribution in [0, 0.1) is 6.92 Å². The van der Waals surface area contributed by atoms with Crippen LogP contribution in [0.3, 0.4) is 0 Å². The molecule has 0 aliphatic rings.